The van der Waals surface area contributed by atoms with Gasteiger partial charge in [-0.15, -0.1) is 0 Å². The lowest BCUT2D eigenvalue weighted by molar-refractivity contribution is 0.122. The Kier molecular flexibility index (Phi) is 4.12. The summed E-state index contributed by atoms with van der Waals surface area (Å²) >= 11 is 0. The van der Waals surface area contributed by atoms with Crippen molar-refractivity contribution in [3.63, 3.8) is 0 Å². The van der Waals surface area contributed by atoms with E-state index in [1.54, 1.807) is 0 Å². The second-order valence-electron chi connectivity index (χ2n) is 7.54. The molecule has 1 saturated carbocycles. The van der Waals surface area contributed by atoms with Crippen LogP contribution in [0, 0.1) is 5.92 Å². The molecule has 0 radical (unpaired) electrons. The number of ether oxygens (including phenoxy) is 1. The van der Waals surface area contributed by atoms with Crippen LogP contribution in [-0.4, -0.2) is 66.8 Å². The molecule has 0 aromatic carbocycles. The first-order valence-electron chi connectivity index (χ1n) is 9.64. The van der Waals surface area contributed by atoms with Crippen molar-refractivity contribution < 1.29 is 4.74 Å². The molecule has 3 aliphatic rings. The Morgan fingerprint density at radius 3 is 2.88 bits per heavy atom. The molecule has 1 N–H and O–H groups in total. The van der Waals surface area contributed by atoms with E-state index in [4.69, 9.17) is 9.72 Å². The molecular weight excluding hydrogens is 314 g/mol. The number of rotatable bonds is 4. The van der Waals surface area contributed by atoms with Crippen molar-refractivity contribution in [1.29, 1.82) is 0 Å². The molecule has 2 saturated heterocycles. The van der Waals surface area contributed by atoms with E-state index >= 15 is 0 Å². The highest BCUT2D eigenvalue weighted by Gasteiger charge is 2.31. The molecule has 5 rings (SSSR count). The van der Waals surface area contributed by atoms with Crippen molar-refractivity contribution in [3.8, 4) is 0 Å². The molecule has 25 heavy (non-hydrogen) atoms. The molecule has 1 atom stereocenters. The van der Waals surface area contributed by atoms with Gasteiger partial charge in [0.15, 0.2) is 0 Å². The van der Waals surface area contributed by atoms with Crippen molar-refractivity contribution in [1.82, 2.24) is 19.6 Å². The first-order valence-corrected chi connectivity index (χ1v) is 9.64. The lowest BCUT2D eigenvalue weighted by Crippen LogP contribution is -2.46. The van der Waals surface area contributed by atoms with Gasteiger partial charge in [-0.05, 0) is 30.9 Å². The van der Waals surface area contributed by atoms with E-state index in [0.29, 0.717) is 6.04 Å². The van der Waals surface area contributed by atoms with Crippen LogP contribution in [0.15, 0.2) is 24.4 Å². The summed E-state index contributed by atoms with van der Waals surface area (Å²) in [6.07, 6.45) is 5.07. The minimum absolute atomic E-state index is 0.395. The highest BCUT2D eigenvalue weighted by atomic mass is 16.5. The maximum atomic E-state index is 5.51. The fraction of sp³-hybridized carbons (Fsp3) is 0.632. The van der Waals surface area contributed by atoms with Crippen LogP contribution in [0.5, 0.6) is 0 Å². The molecular formula is C19H27N5O. The summed E-state index contributed by atoms with van der Waals surface area (Å²) in [5, 5.41) is 3.56. The topological polar surface area (TPSA) is 45.0 Å². The number of nitrogens with zero attached hydrogens (tertiary/aromatic N) is 4. The summed E-state index contributed by atoms with van der Waals surface area (Å²) < 4.78 is 7.78. The van der Waals surface area contributed by atoms with Crippen molar-refractivity contribution in [2.75, 3.05) is 57.4 Å². The van der Waals surface area contributed by atoms with E-state index < -0.39 is 0 Å². The molecule has 0 bridgehead atoms. The lowest BCUT2D eigenvalue weighted by atomic mass is 10.1. The molecule has 0 spiro atoms. The summed E-state index contributed by atoms with van der Waals surface area (Å²) in [6, 6.07) is 6.84. The van der Waals surface area contributed by atoms with Crippen molar-refractivity contribution in [2.45, 2.75) is 18.9 Å². The van der Waals surface area contributed by atoms with E-state index in [1.807, 2.05) is 0 Å². The van der Waals surface area contributed by atoms with Gasteiger partial charge in [-0.2, -0.15) is 0 Å². The average Bonchev–Trinajstić information content (AvgIpc) is 3.37. The van der Waals surface area contributed by atoms with Crippen LogP contribution in [0.1, 0.15) is 24.6 Å². The van der Waals surface area contributed by atoms with Gasteiger partial charge in [-0.3, -0.25) is 9.30 Å². The summed E-state index contributed by atoms with van der Waals surface area (Å²) in [5.74, 6) is 2.15. The van der Waals surface area contributed by atoms with E-state index in [-0.39, 0.29) is 0 Å². The predicted molar refractivity (Wildman–Crippen MR) is 98.1 cm³/mol. The zero-order valence-electron chi connectivity index (χ0n) is 14.7. The number of hydrogen-bond donors (Lipinski definition) is 1. The summed E-state index contributed by atoms with van der Waals surface area (Å²) in [4.78, 5) is 10.0. The molecule has 1 aliphatic carbocycles. The Morgan fingerprint density at radius 1 is 1.16 bits per heavy atom. The standard InChI is InChI=1S/C19H27N5O/c1-2-18-21-16(17-12-20-6-7-23(17)13-15-4-5-15)14-24(18)19(3-1)22-8-10-25-11-9-22/h1-3,14-15,17,20H,4-13H2/t17-/m1/s1. The van der Waals surface area contributed by atoms with Gasteiger partial charge < -0.3 is 15.0 Å². The fourth-order valence-electron chi connectivity index (χ4n) is 4.11. The van der Waals surface area contributed by atoms with Gasteiger partial charge in [0.1, 0.15) is 11.5 Å². The monoisotopic (exact) mass is 341 g/mol. The lowest BCUT2D eigenvalue weighted by Gasteiger charge is -2.35. The van der Waals surface area contributed by atoms with Crippen LogP contribution in [-0.2, 0) is 4.74 Å². The molecule has 4 heterocycles. The molecule has 2 aliphatic heterocycles. The Bertz CT molecular complexity index is 734. The molecule has 2 aromatic heterocycles. The van der Waals surface area contributed by atoms with E-state index in [2.05, 4.69) is 43.9 Å². The van der Waals surface area contributed by atoms with E-state index in [0.717, 1.165) is 57.5 Å². The fourth-order valence-corrected chi connectivity index (χ4v) is 4.11. The average molecular weight is 341 g/mol. The van der Waals surface area contributed by atoms with Gasteiger partial charge in [-0.1, -0.05) is 6.07 Å². The molecule has 6 heteroatoms. The maximum absolute atomic E-state index is 5.51. The second-order valence-corrected chi connectivity index (χ2v) is 7.54. The quantitative estimate of drug-likeness (QED) is 0.914. The number of pyridine rings is 1. The second kappa shape index (κ2) is 6.59. The Hall–Kier alpha value is -1.63. The number of aromatic nitrogens is 2. The number of hydrogen-bond acceptors (Lipinski definition) is 5. The summed E-state index contributed by atoms with van der Waals surface area (Å²) in [7, 11) is 0. The van der Waals surface area contributed by atoms with Crippen LogP contribution < -0.4 is 10.2 Å². The highest BCUT2D eigenvalue weighted by Crippen LogP contribution is 2.33. The molecule has 3 fully saturated rings. The minimum atomic E-state index is 0.395. The maximum Gasteiger partial charge on any atom is 0.138 e. The Balaban J connectivity index is 1.46. The SMILES string of the molecule is c1cc(N2CCOCC2)n2cc([C@H]3CNCCN3CC3CC3)nc2c1. The van der Waals surface area contributed by atoms with Crippen LogP contribution >= 0.6 is 0 Å². The van der Waals surface area contributed by atoms with Gasteiger partial charge in [-0.25, -0.2) is 4.98 Å². The summed E-state index contributed by atoms with van der Waals surface area (Å²) in [6.45, 7) is 7.97. The Labute approximate surface area is 148 Å². The largest absolute Gasteiger partial charge is 0.378 e. The number of anilines is 1. The zero-order valence-corrected chi connectivity index (χ0v) is 14.7. The van der Waals surface area contributed by atoms with Crippen LogP contribution in [0.4, 0.5) is 5.82 Å². The zero-order chi connectivity index (χ0) is 16.6. The highest BCUT2D eigenvalue weighted by molar-refractivity contribution is 5.53. The van der Waals surface area contributed by atoms with Crippen molar-refractivity contribution >= 4 is 11.5 Å². The van der Waals surface area contributed by atoms with Gasteiger partial charge in [0, 0.05) is 45.5 Å². The van der Waals surface area contributed by atoms with Crippen molar-refractivity contribution in [3.05, 3.63) is 30.1 Å². The third-order valence-corrected chi connectivity index (χ3v) is 5.71. The van der Waals surface area contributed by atoms with Gasteiger partial charge in [0.05, 0.1) is 24.9 Å². The number of piperazine rings is 1. The van der Waals surface area contributed by atoms with E-state index in [9.17, 15) is 0 Å². The molecule has 134 valence electrons. The van der Waals surface area contributed by atoms with E-state index in [1.165, 1.54) is 30.9 Å². The van der Waals surface area contributed by atoms with Crippen molar-refractivity contribution in [2.24, 2.45) is 5.92 Å². The minimum Gasteiger partial charge on any atom is -0.378 e. The third-order valence-electron chi connectivity index (χ3n) is 5.71. The van der Waals surface area contributed by atoms with Gasteiger partial charge in [0.25, 0.3) is 0 Å². The number of fused-ring (bicyclic) bond motifs is 1. The predicted octanol–water partition coefficient (Wildman–Crippen LogP) is 1.53. The molecule has 0 amide bonds. The molecule has 2 aromatic rings. The number of morpholine rings is 1. The number of imidazole rings is 1. The smallest absolute Gasteiger partial charge is 0.138 e. The number of nitrogens with one attached hydrogen (secondary N) is 1. The third kappa shape index (κ3) is 3.14. The van der Waals surface area contributed by atoms with Gasteiger partial charge >= 0.3 is 0 Å². The van der Waals surface area contributed by atoms with Crippen LogP contribution in [0.25, 0.3) is 5.65 Å². The van der Waals surface area contributed by atoms with Gasteiger partial charge in [0.2, 0.25) is 0 Å². The van der Waals surface area contributed by atoms with Crippen LogP contribution in [0.3, 0.4) is 0 Å². The molecule has 0 unspecified atom stereocenters. The molecule has 6 nitrogen and oxygen atoms in total. The normalized spacial score (nSPS) is 25.6. The first kappa shape index (κ1) is 15.6. The van der Waals surface area contributed by atoms with Crippen LogP contribution in [0.2, 0.25) is 0 Å². The summed E-state index contributed by atoms with van der Waals surface area (Å²) in [5.41, 5.74) is 2.25. The Morgan fingerprint density at radius 2 is 2.04 bits per heavy atom. The first-order chi connectivity index (χ1) is 12.4.